The van der Waals surface area contributed by atoms with E-state index in [-0.39, 0.29) is 62.4 Å². The maximum absolute atomic E-state index is 12.4. The van der Waals surface area contributed by atoms with Crippen molar-refractivity contribution in [2.45, 2.75) is 92.6 Å². The predicted octanol–water partition coefficient (Wildman–Crippen LogP) is 4.15. The highest BCUT2D eigenvalue weighted by atomic mass is 16.4. The fourth-order valence-corrected chi connectivity index (χ4v) is 6.52. The van der Waals surface area contributed by atoms with Gasteiger partial charge in [0.1, 0.15) is 0 Å². The van der Waals surface area contributed by atoms with Crippen LogP contribution in [0, 0.1) is 18.8 Å². The van der Waals surface area contributed by atoms with Gasteiger partial charge in [-0.1, -0.05) is 20.8 Å². The second-order valence-corrected chi connectivity index (χ2v) is 11.7. The summed E-state index contributed by atoms with van der Waals surface area (Å²) in [6, 6.07) is 0. The van der Waals surface area contributed by atoms with E-state index in [2.05, 4.69) is 20.3 Å². The largest absolute Gasteiger partial charge is 0.481 e. The zero-order chi connectivity index (χ0) is 32.3. The first-order valence-corrected chi connectivity index (χ1v) is 15.2. The number of carboxylic acid groups (broad SMARTS) is 2. The van der Waals surface area contributed by atoms with Crippen LogP contribution in [0.25, 0.3) is 6.08 Å². The number of carbonyl (C=O) groups is 4. The zero-order valence-electron chi connectivity index (χ0n) is 26.0. The van der Waals surface area contributed by atoms with E-state index in [9.17, 15) is 34.5 Å². The van der Waals surface area contributed by atoms with Crippen molar-refractivity contribution in [2.24, 2.45) is 16.8 Å². The number of carbonyl (C=O) groups excluding carboxylic acids is 2. The molecule has 2 aliphatic rings. The Hall–Kier alpha value is -4.25. The van der Waals surface area contributed by atoms with Gasteiger partial charge in [0, 0.05) is 77.1 Å². The van der Waals surface area contributed by atoms with Crippen molar-refractivity contribution < 1.29 is 34.5 Å². The Labute approximate surface area is 256 Å². The molecular formula is C33H42N4O7. The molecule has 6 N–H and O–H groups in total. The number of aromatic nitrogens is 2. The molecule has 2 aromatic rings. The molecule has 2 aliphatic heterocycles. The number of nitrogens with one attached hydrogen (secondary N) is 3. The Morgan fingerprint density at radius 2 is 1.52 bits per heavy atom. The number of aromatic amines is 2. The number of amides is 2. The highest BCUT2D eigenvalue weighted by Crippen LogP contribution is 2.33. The lowest BCUT2D eigenvalue weighted by molar-refractivity contribution is -0.138. The van der Waals surface area contributed by atoms with Gasteiger partial charge in [0.05, 0.1) is 12.3 Å². The van der Waals surface area contributed by atoms with Crippen LogP contribution >= 0.6 is 0 Å². The van der Waals surface area contributed by atoms with E-state index in [1.54, 1.807) is 0 Å². The topological polar surface area (TPSA) is 185 Å². The van der Waals surface area contributed by atoms with Crippen molar-refractivity contribution >= 4 is 35.5 Å². The van der Waals surface area contributed by atoms with Gasteiger partial charge in [0.25, 0.3) is 5.91 Å². The Kier molecular flexibility index (Phi) is 10.1. The third kappa shape index (κ3) is 6.62. The maximum Gasteiger partial charge on any atom is 0.303 e. The highest BCUT2D eigenvalue weighted by Gasteiger charge is 2.34. The molecule has 0 aliphatic carbocycles. The second-order valence-electron chi connectivity index (χ2n) is 11.7. The molecule has 0 radical (unpaired) electrons. The summed E-state index contributed by atoms with van der Waals surface area (Å²) in [5, 5.41) is 32.3. The number of aliphatic imine (C=N–C) groups is 1. The number of aliphatic hydroxyl groups is 1. The minimum absolute atomic E-state index is 0.0261. The number of nitrogens with zero attached hydrogens (tertiary/aromatic N) is 1. The molecule has 0 bridgehead atoms. The molecule has 0 unspecified atom stereocenters. The van der Waals surface area contributed by atoms with E-state index >= 15 is 0 Å². The molecule has 4 rings (SSSR count). The van der Waals surface area contributed by atoms with E-state index < -0.39 is 11.9 Å². The number of aliphatic hydroxyl groups excluding tert-OH is 1. The minimum atomic E-state index is -0.968. The normalized spacial score (nSPS) is 19.3. The first-order chi connectivity index (χ1) is 20.9. The summed E-state index contributed by atoms with van der Waals surface area (Å²) in [4.78, 5) is 59.0. The molecule has 236 valence electrons. The molecule has 4 heterocycles. The van der Waals surface area contributed by atoms with Crippen LogP contribution in [-0.2, 0) is 51.5 Å². The van der Waals surface area contributed by atoms with Gasteiger partial charge in [0.2, 0.25) is 5.91 Å². The molecule has 1 fully saturated rings. The standard InChI is InChI=1S/C33H42N4O7/c1-6-19-18(5)32(43)37-26(19)12-24-17(4)21(8-10-30(39)40)27(34-24)14-28-22(9-11-31(41)42)23(15-38)29(35-28)13-25-16(3)20(7-2)33(44)36-25/h12,18-19,34-35,38H,6-11,13-15H2,1-5H3,(H,37,43)(H,39,40)(H,41,42)/b26-12-/t18-,19-/m1/s1. The number of rotatable bonds is 14. The van der Waals surface area contributed by atoms with Gasteiger partial charge in [-0.05, 0) is 67.9 Å². The van der Waals surface area contributed by atoms with E-state index in [1.807, 2.05) is 40.7 Å². The van der Waals surface area contributed by atoms with Crippen LogP contribution < -0.4 is 5.32 Å². The van der Waals surface area contributed by atoms with Gasteiger partial charge < -0.3 is 30.6 Å². The lowest BCUT2D eigenvalue weighted by atomic mass is 9.92. The lowest BCUT2D eigenvalue weighted by Crippen LogP contribution is -2.16. The van der Waals surface area contributed by atoms with Gasteiger partial charge in [0.15, 0.2) is 0 Å². The molecule has 11 nitrogen and oxygen atoms in total. The Morgan fingerprint density at radius 1 is 0.909 bits per heavy atom. The molecule has 44 heavy (non-hydrogen) atoms. The molecule has 2 aromatic heterocycles. The summed E-state index contributed by atoms with van der Waals surface area (Å²) in [6.07, 6.45) is 4.12. The summed E-state index contributed by atoms with van der Waals surface area (Å²) in [7, 11) is 0. The van der Waals surface area contributed by atoms with Crippen molar-refractivity contribution in [1.82, 2.24) is 15.3 Å². The van der Waals surface area contributed by atoms with Crippen LogP contribution in [0.1, 0.15) is 98.4 Å². The van der Waals surface area contributed by atoms with Crippen molar-refractivity contribution in [3.63, 3.8) is 0 Å². The van der Waals surface area contributed by atoms with Crippen LogP contribution in [0.4, 0.5) is 0 Å². The first-order valence-electron chi connectivity index (χ1n) is 15.2. The van der Waals surface area contributed by atoms with Gasteiger partial charge in [-0.2, -0.15) is 0 Å². The summed E-state index contributed by atoms with van der Waals surface area (Å²) < 4.78 is 0. The average molecular weight is 607 g/mol. The van der Waals surface area contributed by atoms with E-state index in [1.165, 1.54) is 0 Å². The summed E-state index contributed by atoms with van der Waals surface area (Å²) in [6.45, 7) is 9.30. The lowest BCUT2D eigenvalue weighted by Gasteiger charge is -2.11. The highest BCUT2D eigenvalue weighted by molar-refractivity contribution is 6.19. The predicted molar refractivity (Wildman–Crippen MR) is 165 cm³/mol. The SMILES string of the molecule is CCC1=C(C)C(Cc2[nH]c(Cc3[nH]c(/C=C4\NC(=O)[C@H](C)[C@H]4CC)c(C)c3CCC(=O)O)c(CCC(=O)O)c2CO)=NC1=O. The summed E-state index contributed by atoms with van der Waals surface area (Å²) >= 11 is 0. The Bertz CT molecular complexity index is 1590. The second kappa shape index (κ2) is 13.6. The molecule has 0 aromatic carbocycles. The van der Waals surface area contributed by atoms with Crippen LogP contribution in [-0.4, -0.2) is 54.8 Å². The maximum atomic E-state index is 12.4. The third-order valence-corrected chi connectivity index (χ3v) is 9.09. The monoisotopic (exact) mass is 606 g/mol. The van der Waals surface area contributed by atoms with Crippen LogP contribution in [0.2, 0.25) is 0 Å². The van der Waals surface area contributed by atoms with Crippen LogP contribution in [0.5, 0.6) is 0 Å². The number of H-pyrrole nitrogens is 2. The summed E-state index contributed by atoms with van der Waals surface area (Å²) in [5.41, 5.74) is 8.82. The van der Waals surface area contributed by atoms with E-state index in [4.69, 9.17) is 0 Å². The van der Waals surface area contributed by atoms with E-state index in [0.717, 1.165) is 40.2 Å². The number of carboxylic acids is 2. The number of allylic oxidation sites excluding steroid dienone is 2. The Morgan fingerprint density at radius 3 is 2.09 bits per heavy atom. The van der Waals surface area contributed by atoms with Gasteiger partial charge in [-0.3, -0.25) is 19.2 Å². The van der Waals surface area contributed by atoms with Gasteiger partial charge in [-0.15, -0.1) is 0 Å². The number of hydrogen-bond donors (Lipinski definition) is 6. The molecule has 11 heteroatoms. The molecular weight excluding hydrogens is 564 g/mol. The molecule has 0 saturated carbocycles. The molecule has 2 atom stereocenters. The molecule has 0 spiro atoms. The third-order valence-electron chi connectivity index (χ3n) is 9.09. The van der Waals surface area contributed by atoms with Crippen molar-refractivity contribution in [1.29, 1.82) is 0 Å². The smallest absolute Gasteiger partial charge is 0.303 e. The quantitative estimate of drug-likeness (QED) is 0.186. The van der Waals surface area contributed by atoms with Crippen molar-refractivity contribution in [3.8, 4) is 0 Å². The van der Waals surface area contributed by atoms with Crippen molar-refractivity contribution in [3.05, 3.63) is 61.9 Å². The van der Waals surface area contributed by atoms with Gasteiger partial charge >= 0.3 is 11.9 Å². The molecule has 1 saturated heterocycles. The fourth-order valence-electron chi connectivity index (χ4n) is 6.52. The zero-order valence-corrected chi connectivity index (χ0v) is 26.0. The van der Waals surface area contributed by atoms with E-state index in [0.29, 0.717) is 46.6 Å². The molecule has 2 amide bonds. The number of hydrogen-bond acceptors (Lipinski definition) is 5. The van der Waals surface area contributed by atoms with Crippen molar-refractivity contribution in [2.75, 3.05) is 0 Å². The number of aliphatic carboxylic acids is 2. The summed E-state index contributed by atoms with van der Waals surface area (Å²) in [5.74, 6) is -2.27. The average Bonchev–Trinajstić information content (AvgIpc) is 3.63. The fraction of sp³-hybridized carbons (Fsp3) is 0.485. The van der Waals surface area contributed by atoms with Crippen LogP contribution in [0.3, 0.4) is 0 Å². The van der Waals surface area contributed by atoms with Gasteiger partial charge in [-0.25, -0.2) is 4.99 Å². The Balaban J connectivity index is 1.78. The first kappa shape index (κ1) is 32.7. The minimum Gasteiger partial charge on any atom is -0.481 e. The van der Waals surface area contributed by atoms with Crippen LogP contribution in [0.15, 0.2) is 21.8 Å².